The van der Waals surface area contributed by atoms with Crippen LogP contribution in [0.4, 0.5) is 0 Å². The van der Waals surface area contributed by atoms with Crippen molar-refractivity contribution in [1.29, 1.82) is 0 Å². The van der Waals surface area contributed by atoms with Gasteiger partial charge in [-0.15, -0.1) is 0 Å². The first kappa shape index (κ1) is 12.7. The number of aryl methyl sites for hydroxylation is 1. The highest BCUT2D eigenvalue weighted by molar-refractivity contribution is 5.81. The van der Waals surface area contributed by atoms with Gasteiger partial charge in [0.25, 0.3) is 0 Å². The predicted molar refractivity (Wildman–Crippen MR) is 72.6 cm³/mol. The van der Waals surface area contributed by atoms with E-state index in [0.29, 0.717) is 13.0 Å². The molecule has 2 rings (SSSR count). The number of rotatable bonds is 4. The standard InChI is InChI=1S/C15H19NO2/c1-4-18-15(17)9-11(2)14-10-12-7-5-6-8-13(12)16(14)3/h5-8,10-11H,4,9H2,1-3H3. The average Bonchev–Trinajstić information content (AvgIpc) is 2.68. The molecule has 3 heteroatoms. The monoisotopic (exact) mass is 245 g/mol. The first-order valence-electron chi connectivity index (χ1n) is 6.33. The summed E-state index contributed by atoms with van der Waals surface area (Å²) in [5.74, 6) is 0.0386. The lowest BCUT2D eigenvalue weighted by molar-refractivity contribution is -0.143. The van der Waals surface area contributed by atoms with E-state index in [1.165, 1.54) is 16.6 Å². The molecule has 2 aromatic rings. The minimum absolute atomic E-state index is 0.129. The molecule has 1 atom stereocenters. The molecule has 0 amide bonds. The molecule has 0 aliphatic heterocycles. The molecule has 0 fully saturated rings. The van der Waals surface area contributed by atoms with Crippen LogP contribution >= 0.6 is 0 Å². The van der Waals surface area contributed by atoms with Crippen LogP contribution < -0.4 is 0 Å². The number of hydrogen-bond acceptors (Lipinski definition) is 2. The SMILES string of the molecule is CCOC(=O)CC(C)c1cc2ccccc2n1C. The number of carbonyl (C=O) groups excluding carboxylic acids is 1. The van der Waals surface area contributed by atoms with Crippen molar-refractivity contribution in [2.45, 2.75) is 26.2 Å². The number of para-hydroxylation sites is 1. The van der Waals surface area contributed by atoms with Crippen LogP contribution in [-0.2, 0) is 16.6 Å². The Bertz CT molecular complexity index is 557. The summed E-state index contributed by atoms with van der Waals surface area (Å²) >= 11 is 0. The fourth-order valence-electron chi connectivity index (χ4n) is 2.36. The van der Waals surface area contributed by atoms with E-state index < -0.39 is 0 Å². The van der Waals surface area contributed by atoms with Crippen LogP contribution in [0.1, 0.15) is 31.9 Å². The summed E-state index contributed by atoms with van der Waals surface area (Å²) in [6, 6.07) is 10.4. The van der Waals surface area contributed by atoms with Crippen molar-refractivity contribution in [2.75, 3.05) is 6.61 Å². The molecule has 1 heterocycles. The highest BCUT2D eigenvalue weighted by atomic mass is 16.5. The van der Waals surface area contributed by atoms with Crippen molar-refractivity contribution in [1.82, 2.24) is 4.57 Å². The minimum Gasteiger partial charge on any atom is -0.466 e. The van der Waals surface area contributed by atoms with E-state index in [1.54, 1.807) is 0 Å². The average molecular weight is 245 g/mol. The molecule has 96 valence electrons. The number of benzene rings is 1. The van der Waals surface area contributed by atoms with Gasteiger partial charge in [-0.1, -0.05) is 25.1 Å². The fraction of sp³-hybridized carbons (Fsp3) is 0.400. The first-order valence-corrected chi connectivity index (χ1v) is 6.33. The zero-order chi connectivity index (χ0) is 13.1. The van der Waals surface area contributed by atoms with Crippen LogP contribution in [0.2, 0.25) is 0 Å². The maximum Gasteiger partial charge on any atom is 0.306 e. The summed E-state index contributed by atoms with van der Waals surface area (Å²) in [4.78, 5) is 11.5. The molecule has 0 radical (unpaired) electrons. The number of carbonyl (C=O) groups is 1. The van der Waals surface area contributed by atoms with Crippen molar-refractivity contribution < 1.29 is 9.53 Å². The second-order valence-corrected chi connectivity index (χ2v) is 4.60. The van der Waals surface area contributed by atoms with Gasteiger partial charge in [-0.2, -0.15) is 0 Å². The van der Waals surface area contributed by atoms with Crippen LogP contribution in [0.3, 0.4) is 0 Å². The molecule has 0 N–H and O–H groups in total. The van der Waals surface area contributed by atoms with E-state index in [4.69, 9.17) is 4.74 Å². The van der Waals surface area contributed by atoms with Gasteiger partial charge in [0.1, 0.15) is 0 Å². The zero-order valence-corrected chi connectivity index (χ0v) is 11.1. The number of nitrogens with zero attached hydrogens (tertiary/aromatic N) is 1. The van der Waals surface area contributed by atoms with Gasteiger partial charge in [-0.3, -0.25) is 4.79 Å². The molecule has 1 aromatic heterocycles. The molecule has 18 heavy (non-hydrogen) atoms. The molecule has 0 aliphatic carbocycles. The van der Waals surface area contributed by atoms with Crippen molar-refractivity contribution >= 4 is 16.9 Å². The Morgan fingerprint density at radius 2 is 2.11 bits per heavy atom. The molecule has 0 bridgehead atoms. The lowest BCUT2D eigenvalue weighted by Gasteiger charge is -2.12. The molecule has 3 nitrogen and oxygen atoms in total. The lowest BCUT2D eigenvalue weighted by Crippen LogP contribution is -2.10. The highest BCUT2D eigenvalue weighted by Gasteiger charge is 2.16. The zero-order valence-electron chi connectivity index (χ0n) is 11.1. The molecular weight excluding hydrogens is 226 g/mol. The molecule has 1 aromatic carbocycles. The second-order valence-electron chi connectivity index (χ2n) is 4.60. The number of esters is 1. The summed E-state index contributed by atoms with van der Waals surface area (Å²) in [6.07, 6.45) is 0.429. The number of ether oxygens (including phenoxy) is 1. The van der Waals surface area contributed by atoms with E-state index in [1.807, 2.05) is 26.1 Å². The van der Waals surface area contributed by atoms with E-state index in [9.17, 15) is 4.79 Å². The largest absolute Gasteiger partial charge is 0.466 e. The summed E-state index contributed by atoms with van der Waals surface area (Å²) in [6.45, 7) is 4.34. The third-order valence-electron chi connectivity index (χ3n) is 3.27. The Morgan fingerprint density at radius 3 is 2.78 bits per heavy atom. The Labute approximate surface area is 107 Å². The van der Waals surface area contributed by atoms with Crippen LogP contribution in [0.25, 0.3) is 10.9 Å². The summed E-state index contributed by atoms with van der Waals surface area (Å²) in [5, 5.41) is 1.21. The second kappa shape index (κ2) is 5.25. The molecule has 0 aliphatic rings. The Kier molecular flexibility index (Phi) is 3.70. The van der Waals surface area contributed by atoms with Gasteiger partial charge in [0.15, 0.2) is 0 Å². The Hall–Kier alpha value is -1.77. The molecular formula is C15H19NO2. The van der Waals surface area contributed by atoms with E-state index >= 15 is 0 Å². The summed E-state index contributed by atoms with van der Waals surface area (Å²) < 4.78 is 7.15. The first-order chi connectivity index (χ1) is 8.63. The van der Waals surface area contributed by atoms with Crippen molar-refractivity contribution in [3.8, 4) is 0 Å². The summed E-state index contributed by atoms with van der Waals surface area (Å²) in [5.41, 5.74) is 2.37. The van der Waals surface area contributed by atoms with E-state index in [-0.39, 0.29) is 11.9 Å². The Morgan fingerprint density at radius 1 is 1.39 bits per heavy atom. The van der Waals surface area contributed by atoms with Gasteiger partial charge in [0.2, 0.25) is 0 Å². The summed E-state index contributed by atoms with van der Waals surface area (Å²) in [7, 11) is 2.04. The van der Waals surface area contributed by atoms with Crippen molar-refractivity contribution in [3.05, 3.63) is 36.0 Å². The highest BCUT2D eigenvalue weighted by Crippen LogP contribution is 2.26. The third-order valence-corrected chi connectivity index (χ3v) is 3.27. The van der Waals surface area contributed by atoms with E-state index in [2.05, 4.69) is 29.7 Å². The molecule has 0 saturated carbocycles. The van der Waals surface area contributed by atoms with Gasteiger partial charge in [-0.25, -0.2) is 0 Å². The van der Waals surface area contributed by atoms with Gasteiger partial charge in [0.05, 0.1) is 13.0 Å². The van der Waals surface area contributed by atoms with Crippen molar-refractivity contribution in [2.24, 2.45) is 7.05 Å². The number of aromatic nitrogens is 1. The quantitative estimate of drug-likeness (QED) is 0.774. The minimum atomic E-state index is -0.129. The topological polar surface area (TPSA) is 31.2 Å². The maximum atomic E-state index is 11.5. The Balaban J connectivity index is 2.25. The van der Waals surface area contributed by atoms with Crippen molar-refractivity contribution in [3.63, 3.8) is 0 Å². The fourth-order valence-corrected chi connectivity index (χ4v) is 2.36. The van der Waals surface area contributed by atoms with Gasteiger partial charge >= 0.3 is 5.97 Å². The molecule has 1 unspecified atom stereocenters. The van der Waals surface area contributed by atoms with Crippen LogP contribution in [0, 0.1) is 0 Å². The molecule has 0 spiro atoms. The normalized spacial score (nSPS) is 12.6. The maximum absolute atomic E-state index is 11.5. The third kappa shape index (κ3) is 2.40. The van der Waals surface area contributed by atoms with E-state index in [0.717, 1.165) is 0 Å². The van der Waals surface area contributed by atoms with Crippen LogP contribution in [0.15, 0.2) is 30.3 Å². The predicted octanol–water partition coefficient (Wildman–Crippen LogP) is 3.24. The lowest BCUT2D eigenvalue weighted by atomic mass is 10.0. The van der Waals surface area contributed by atoms with Gasteiger partial charge in [-0.05, 0) is 24.4 Å². The number of hydrogen-bond donors (Lipinski definition) is 0. The molecule has 0 saturated heterocycles. The smallest absolute Gasteiger partial charge is 0.306 e. The number of fused-ring (bicyclic) bond motifs is 1. The van der Waals surface area contributed by atoms with Gasteiger partial charge < -0.3 is 9.30 Å². The van der Waals surface area contributed by atoms with Crippen LogP contribution in [-0.4, -0.2) is 17.1 Å². The van der Waals surface area contributed by atoms with Crippen LogP contribution in [0.5, 0.6) is 0 Å². The van der Waals surface area contributed by atoms with Gasteiger partial charge in [0, 0.05) is 24.2 Å².